The maximum Gasteiger partial charge on any atom is 0.223 e. The smallest absolute Gasteiger partial charge is 0.223 e. The van der Waals surface area contributed by atoms with Crippen molar-refractivity contribution in [1.82, 2.24) is 5.32 Å². The van der Waals surface area contributed by atoms with Crippen LogP contribution in [0.25, 0.3) is 0 Å². The molecule has 0 radical (unpaired) electrons. The second-order valence-corrected chi connectivity index (χ2v) is 6.79. The SMILES string of the molecule is CC(CNC(=O)C1CCCC(N)C1)N1CCc2ccccc21. The van der Waals surface area contributed by atoms with Crippen molar-refractivity contribution < 1.29 is 4.79 Å². The van der Waals surface area contributed by atoms with Crippen molar-refractivity contribution in [1.29, 1.82) is 0 Å². The van der Waals surface area contributed by atoms with E-state index in [1.165, 1.54) is 11.3 Å². The molecule has 0 bridgehead atoms. The van der Waals surface area contributed by atoms with Crippen molar-refractivity contribution in [2.75, 3.05) is 18.0 Å². The van der Waals surface area contributed by atoms with Crippen LogP contribution >= 0.6 is 0 Å². The van der Waals surface area contributed by atoms with E-state index >= 15 is 0 Å². The third kappa shape index (κ3) is 3.27. The maximum atomic E-state index is 12.3. The van der Waals surface area contributed by atoms with Crippen LogP contribution in [0.4, 0.5) is 5.69 Å². The molecule has 120 valence electrons. The Kier molecular flexibility index (Phi) is 4.67. The summed E-state index contributed by atoms with van der Waals surface area (Å²) in [4.78, 5) is 14.7. The number of nitrogens with two attached hydrogens (primary N) is 1. The highest BCUT2D eigenvalue weighted by Gasteiger charge is 2.27. The van der Waals surface area contributed by atoms with E-state index < -0.39 is 0 Å². The van der Waals surface area contributed by atoms with E-state index in [9.17, 15) is 4.79 Å². The highest BCUT2D eigenvalue weighted by molar-refractivity contribution is 5.78. The molecule has 3 rings (SSSR count). The van der Waals surface area contributed by atoms with E-state index in [0.717, 1.165) is 38.6 Å². The van der Waals surface area contributed by atoms with Crippen LogP contribution in [0, 0.1) is 5.92 Å². The van der Waals surface area contributed by atoms with Gasteiger partial charge in [-0.15, -0.1) is 0 Å². The second kappa shape index (κ2) is 6.69. The van der Waals surface area contributed by atoms with Crippen LogP contribution in [0.2, 0.25) is 0 Å². The number of amides is 1. The first-order chi connectivity index (χ1) is 10.6. The Hall–Kier alpha value is -1.55. The first kappa shape index (κ1) is 15.3. The summed E-state index contributed by atoms with van der Waals surface area (Å²) >= 11 is 0. The van der Waals surface area contributed by atoms with E-state index in [1.807, 2.05) is 0 Å². The lowest BCUT2D eigenvalue weighted by Gasteiger charge is -2.29. The van der Waals surface area contributed by atoms with E-state index in [1.54, 1.807) is 0 Å². The molecule has 1 aliphatic heterocycles. The van der Waals surface area contributed by atoms with Gasteiger partial charge in [0.05, 0.1) is 0 Å². The van der Waals surface area contributed by atoms with E-state index in [0.29, 0.717) is 12.6 Å². The molecule has 1 fully saturated rings. The second-order valence-electron chi connectivity index (χ2n) is 6.79. The highest BCUT2D eigenvalue weighted by atomic mass is 16.1. The van der Waals surface area contributed by atoms with Crippen LogP contribution in [0.5, 0.6) is 0 Å². The topological polar surface area (TPSA) is 58.4 Å². The van der Waals surface area contributed by atoms with Crippen LogP contribution in [-0.4, -0.2) is 31.1 Å². The van der Waals surface area contributed by atoms with Gasteiger partial charge in [-0.1, -0.05) is 24.6 Å². The number of nitrogens with one attached hydrogen (secondary N) is 1. The first-order valence-electron chi connectivity index (χ1n) is 8.53. The number of hydrogen-bond donors (Lipinski definition) is 2. The molecule has 1 saturated carbocycles. The third-order valence-corrected chi connectivity index (χ3v) is 5.11. The van der Waals surface area contributed by atoms with Crippen molar-refractivity contribution in [3.05, 3.63) is 29.8 Å². The van der Waals surface area contributed by atoms with Gasteiger partial charge in [0.1, 0.15) is 0 Å². The molecule has 3 unspecified atom stereocenters. The van der Waals surface area contributed by atoms with Crippen molar-refractivity contribution in [2.45, 2.75) is 51.1 Å². The van der Waals surface area contributed by atoms with Gasteiger partial charge in [0, 0.05) is 36.8 Å². The Bertz CT molecular complexity index is 531. The normalized spacial score (nSPS) is 25.6. The van der Waals surface area contributed by atoms with E-state index in [-0.39, 0.29) is 17.9 Å². The molecular weight excluding hydrogens is 274 g/mol. The molecule has 1 heterocycles. The highest BCUT2D eigenvalue weighted by Crippen LogP contribution is 2.29. The monoisotopic (exact) mass is 301 g/mol. The summed E-state index contributed by atoms with van der Waals surface area (Å²) in [7, 11) is 0. The molecule has 1 aromatic rings. The van der Waals surface area contributed by atoms with Crippen molar-refractivity contribution >= 4 is 11.6 Å². The number of carbonyl (C=O) groups is 1. The van der Waals surface area contributed by atoms with Gasteiger partial charge in [-0.25, -0.2) is 0 Å². The Morgan fingerprint density at radius 3 is 3.05 bits per heavy atom. The molecule has 0 aromatic heterocycles. The first-order valence-corrected chi connectivity index (χ1v) is 8.53. The van der Waals surface area contributed by atoms with Crippen molar-refractivity contribution in [3.63, 3.8) is 0 Å². The minimum atomic E-state index is 0.113. The number of benzene rings is 1. The van der Waals surface area contributed by atoms with E-state index in [4.69, 9.17) is 5.73 Å². The zero-order valence-electron chi connectivity index (χ0n) is 13.4. The zero-order valence-corrected chi connectivity index (χ0v) is 13.4. The number of fused-ring (bicyclic) bond motifs is 1. The fourth-order valence-corrected chi connectivity index (χ4v) is 3.79. The number of para-hydroxylation sites is 1. The van der Waals surface area contributed by atoms with Gasteiger partial charge in [0.25, 0.3) is 0 Å². The van der Waals surface area contributed by atoms with Crippen molar-refractivity contribution in [2.24, 2.45) is 11.7 Å². The van der Waals surface area contributed by atoms with E-state index in [2.05, 4.69) is 41.4 Å². The molecule has 0 spiro atoms. The van der Waals surface area contributed by atoms with Gasteiger partial charge in [0.2, 0.25) is 5.91 Å². The summed E-state index contributed by atoms with van der Waals surface area (Å²) in [5.74, 6) is 0.302. The molecular formula is C18H27N3O. The lowest BCUT2D eigenvalue weighted by atomic mass is 9.85. The molecule has 4 nitrogen and oxygen atoms in total. The minimum absolute atomic E-state index is 0.113. The summed E-state index contributed by atoms with van der Waals surface area (Å²) in [6, 6.07) is 9.09. The Balaban J connectivity index is 1.52. The molecule has 1 amide bonds. The molecule has 3 N–H and O–H groups in total. The van der Waals surface area contributed by atoms with Crippen LogP contribution < -0.4 is 16.0 Å². The summed E-state index contributed by atoms with van der Waals surface area (Å²) in [6.07, 6.45) is 5.07. The van der Waals surface area contributed by atoms with Crippen molar-refractivity contribution in [3.8, 4) is 0 Å². The van der Waals surface area contributed by atoms with Crippen LogP contribution in [0.1, 0.15) is 38.2 Å². The molecule has 4 heteroatoms. The standard InChI is InChI=1S/C18H27N3O/c1-13(21-10-9-14-5-2-3-8-17(14)21)12-20-18(22)15-6-4-7-16(19)11-15/h2-3,5,8,13,15-16H,4,6-7,9-12,19H2,1H3,(H,20,22). The fraction of sp³-hybridized carbons (Fsp3) is 0.611. The number of nitrogens with zero attached hydrogens (tertiary/aromatic N) is 1. The Morgan fingerprint density at radius 1 is 1.41 bits per heavy atom. The Labute approximate surface area is 133 Å². The largest absolute Gasteiger partial charge is 0.366 e. The summed E-state index contributed by atoms with van der Waals surface area (Å²) < 4.78 is 0. The lowest BCUT2D eigenvalue weighted by molar-refractivity contribution is -0.126. The van der Waals surface area contributed by atoms with Crippen LogP contribution in [0.15, 0.2) is 24.3 Å². The predicted octanol–water partition coefficient (Wildman–Crippen LogP) is 2.07. The van der Waals surface area contributed by atoms with Gasteiger partial charge in [-0.2, -0.15) is 0 Å². The zero-order chi connectivity index (χ0) is 15.5. The lowest BCUT2D eigenvalue weighted by Crippen LogP contribution is -2.44. The number of hydrogen-bond acceptors (Lipinski definition) is 3. The van der Waals surface area contributed by atoms with Gasteiger partial charge in [-0.05, 0) is 44.2 Å². The quantitative estimate of drug-likeness (QED) is 0.895. The average Bonchev–Trinajstić information content (AvgIpc) is 2.96. The number of anilines is 1. The van der Waals surface area contributed by atoms with Gasteiger partial charge in [-0.3, -0.25) is 4.79 Å². The molecule has 2 aliphatic rings. The molecule has 1 aliphatic carbocycles. The van der Waals surface area contributed by atoms with Gasteiger partial charge < -0.3 is 16.0 Å². The third-order valence-electron chi connectivity index (χ3n) is 5.11. The predicted molar refractivity (Wildman–Crippen MR) is 89.9 cm³/mol. The fourth-order valence-electron chi connectivity index (χ4n) is 3.79. The maximum absolute atomic E-state index is 12.3. The summed E-state index contributed by atoms with van der Waals surface area (Å²) in [5.41, 5.74) is 8.72. The Morgan fingerprint density at radius 2 is 2.23 bits per heavy atom. The van der Waals surface area contributed by atoms with Gasteiger partial charge in [0.15, 0.2) is 0 Å². The van der Waals surface area contributed by atoms with Gasteiger partial charge >= 0.3 is 0 Å². The minimum Gasteiger partial charge on any atom is -0.366 e. The molecule has 0 saturated heterocycles. The molecule has 22 heavy (non-hydrogen) atoms. The van der Waals surface area contributed by atoms with Crippen LogP contribution in [-0.2, 0) is 11.2 Å². The summed E-state index contributed by atoms with van der Waals surface area (Å²) in [6.45, 7) is 3.94. The summed E-state index contributed by atoms with van der Waals surface area (Å²) in [5, 5.41) is 3.14. The average molecular weight is 301 g/mol. The molecule has 3 atom stereocenters. The molecule has 1 aromatic carbocycles. The number of rotatable bonds is 4. The van der Waals surface area contributed by atoms with Crippen LogP contribution in [0.3, 0.4) is 0 Å². The number of carbonyl (C=O) groups excluding carboxylic acids is 1.